The van der Waals surface area contributed by atoms with Gasteiger partial charge in [0.15, 0.2) is 11.6 Å². The maximum absolute atomic E-state index is 13.8. The third kappa shape index (κ3) is 3.05. The second-order valence-corrected chi connectivity index (χ2v) is 5.90. The van der Waals surface area contributed by atoms with Crippen LogP contribution in [0.25, 0.3) is 0 Å². The van der Waals surface area contributed by atoms with Crippen LogP contribution in [-0.2, 0) is 9.47 Å². The molecule has 0 aromatic carbocycles. The fraction of sp³-hybridized carbons (Fsp3) is 0.643. The number of hydrogen-bond donors (Lipinski definition) is 1. The summed E-state index contributed by atoms with van der Waals surface area (Å²) in [6, 6.07) is 1.45. The highest BCUT2D eigenvalue weighted by Crippen LogP contribution is 2.35. The maximum atomic E-state index is 13.8. The third-order valence-electron chi connectivity index (χ3n) is 4.05. The molecule has 4 nitrogen and oxygen atoms in total. The minimum atomic E-state index is -0.412. The Kier molecular flexibility index (Phi) is 4.10. The predicted molar refractivity (Wildman–Crippen MR) is 74.6 cm³/mol. The van der Waals surface area contributed by atoms with Gasteiger partial charge in [0.05, 0.1) is 10.6 Å². The molecule has 0 saturated carbocycles. The summed E-state index contributed by atoms with van der Waals surface area (Å²) in [7, 11) is 0. The van der Waals surface area contributed by atoms with Crippen molar-refractivity contribution >= 4 is 17.4 Å². The first-order valence-electron chi connectivity index (χ1n) is 6.96. The number of ether oxygens (including phenoxy) is 2. The predicted octanol–water partition coefficient (Wildman–Crippen LogP) is 3.01. The summed E-state index contributed by atoms with van der Waals surface area (Å²) in [5.74, 6) is -0.145. The Bertz CT molecular complexity index is 475. The fourth-order valence-electron chi connectivity index (χ4n) is 2.96. The topological polar surface area (TPSA) is 43.4 Å². The summed E-state index contributed by atoms with van der Waals surface area (Å²) in [5.41, 5.74) is -0.114. The first-order chi connectivity index (χ1) is 9.67. The van der Waals surface area contributed by atoms with Crippen molar-refractivity contribution in [2.45, 2.75) is 37.3 Å². The summed E-state index contributed by atoms with van der Waals surface area (Å²) < 4.78 is 25.1. The lowest BCUT2D eigenvalue weighted by Crippen LogP contribution is -2.48. The van der Waals surface area contributed by atoms with Crippen LogP contribution in [-0.4, -0.2) is 36.4 Å². The molecule has 110 valence electrons. The van der Waals surface area contributed by atoms with E-state index in [9.17, 15) is 4.39 Å². The molecule has 6 heteroatoms. The minimum absolute atomic E-state index is 0.114. The highest BCUT2D eigenvalue weighted by atomic mass is 35.5. The number of anilines is 1. The van der Waals surface area contributed by atoms with Gasteiger partial charge in [0, 0.05) is 32.1 Å². The van der Waals surface area contributed by atoms with Gasteiger partial charge < -0.3 is 14.8 Å². The molecule has 3 heterocycles. The lowest BCUT2D eigenvalue weighted by atomic mass is 9.84. The highest BCUT2D eigenvalue weighted by Gasteiger charge is 2.39. The van der Waals surface area contributed by atoms with Gasteiger partial charge in [-0.1, -0.05) is 11.6 Å². The molecule has 0 aliphatic carbocycles. The smallest absolute Gasteiger partial charge is 0.166 e. The zero-order valence-corrected chi connectivity index (χ0v) is 12.0. The van der Waals surface area contributed by atoms with Gasteiger partial charge >= 0.3 is 0 Å². The van der Waals surface area contributed by atoms with Crippen molar-refractivity contribution < 1.29 is 13.9 Å². The summed E-state index contributed by atoms with van der Waals surface area (Å²) in [6.07, 6.45) is 4.98. The molecule has 0 amide bonds. The molecule has 2 saturated heterocycles. The molecule has 2 aliphatic heterocycles. The minimum Gasteiger partial charge on any atom is -0.381 e. The van der Waals surface area contributed by atoms with Gasteiger partial charge in [-0.2, -0.15) is 0 Å². The second-order valence-electron chi connectivity index (χ2n) is 5.46. The van der Waals surface area contributed by atoms with E-state index in [4.69, 9.17) is 21.1 Å². The van der Waals surface area contributed by atoms with Crippen LogP contribution >= 0.6 is 11.6 Å². The lowest BCUT2D eigenvalue weighted by Gasteiger charge is -2.43. The van der Waals surface area contributed by atoms with Gasteiger partial charge in [-0.25, -0.2) is 9.37 Å². The zero-order valence-electron chi connectivity index (χ0n) is 11.2. The zero-order chi connectivity index (χ0) is 14.0. The Hall–Kier alpha value is -0.910. The standard InChI is InChI=1S/C14H18ClFN2O2/c15-10-7-12(16)13(17-9-10)18-11-1-4-20-14(8-11)2-5-19-6-3-14/h7,9,11H,1-6,8H2,(H,17,18). The van der Waals surface area contributed by atoms with Crippen LogP contribution < -0.4 is 5.32 Å². The van der Waals surface area contributed by atoms with E-state index in [1.165, 1.54) is 12.3 Å². The number of aromatic nitrogens is 1. The SMILES string of the molecule is Fc1cc(Cl)cnc1NC1CCOC2(CCOCC2)C1. The molecule has 2 aliphatic rings. The molecule has 2 fully saturated rings. The van der Waals surface area contributed by atoms with Gasteiger partial charge in [-0.15, -0.1) is 0 Å². The van der Waals surface area contributed by atoms with Crippen LogP contribution in [0, 0.1) is 5.82 Å². The lowest BCUT2D eigenvalue weighted by molar-refractivity contribution is -0.135. The molecule has 1 aromatic heterocycles. The van der Waals surface area contributed by atoms with Gasteiger partial charge in [0.2, 0.25) is 0 Å². The van der Waals surface area contributed by atoms with Crippen LogP contribution in [0.1, 0.15) is 25.7 Å². The molecular formula is C14H18ClFN2O2. The molecule has 1 spiro atoms. The molecule has 20 heavy (non-hydrogen) atoms. The first kappa shape index (κ1) is 14.0. The Balaban J connectivity index is 1.68. The normalized spacial score (nSPS) is 25.6. The quantitative estimate of drug-likeness (QED) is 0.912. The number of rotatable bonds is 2. The molecule has 0 radical (unpaired) electrons. The van der Waals surface area contributed by atoms with E-state index in [1.807, 2.05) is 0 Å². The van der Waals surface area contributed by atoms with E-state index in [1.54, 1.807) is 0 Å². The first-order valence-corrected chi connectivity index (χ1v) is 7.34. The maximum Gasteiger partial charge on any atom is 0.166 e. The molecule has 1 unspecified atom stereocenters. The Labute approximate surface area is 122 Å². The Morgan fingerprint density at radius 2 is 2.15 bits per heavy atom. The number of halogens is 2. The summed E-state index contributed by atoms with van der Waals surface area (Å²) in [6.45, 7) is 2.16. The molecule has 1 aromatic rings. The van der Waals surface area contributed by atoms with Crippen LogP contribution in [0.15, 0.2) is 12.3 Å². The average molecular weight is 301 g/mol. The number of pyridine rings is 1. The summed E-state index contributed by atoms with van der Waals surface area (Å²) in [5, 5.41) is 3.49. The Morgan fingerprint density at radius 1 is 1.35 bits per heavy atom. The monoisotopic (exact) mass is 300 g/mol. The van der Waals surface area contributed by atoms with Gasteiger partial charge in [0.1, 0.15) is 0 Å². The van der Waals surface area contributed by atoms with Crippen molar-refractivity contribution in [3.05, 3.63) is 23.1 Å². The highest BCUT2D eigenvalue weighted by molar-refractivity contribution is 6.30. The van der Waals surface area contributed by atoms with Crippen molar-refractivity contribution in [3.8, 4) is 0 Å². The van der Waals surface area contributed by atoms with E-state index >= 15 is 0 Å². The van der Waals surface area contributed by atoms with Crippen LogP contribution in [0.4, 0.5) is 10.2 Å². The van der Waals surface area contributed by atoms with Crippen molar-refractivity contribution in [1.82, 2.24) is 4.98 Å². The van der Waals surface area contributed by atoms with E-state index in [-0.39, 0.29) is 17.5 Å². The number of nitrogens with one attached hydrogen (secondary N) is 1. The van der Waals surface area contributed by atoms with Gasteiger partial charge in [0.25, 0.3) is 0 Å². The summed E-state index contributed by atoms with van der Waals surface area (Å²) >= 11 is 5.71. The molecule has 1 N–H and O–H groups in total. The number of nitrogens with zero attached hydrogens (tertiary/aromatic N) is 1. The van der Waals surface area contributed by atoms with Crippen LogP contribution in [0.3, 0.4) is 0 Å². The van der Waals surface area contributed by atoms with Crippen molar-refractivity contribution in [2.75, 3.05) is 25.1 Å². The van der Waals surface area contributed by atoms with E-state index in [0.29, 0.717) is 11.6 Å². The second kappa shape index (κ2) is 5.84. The summed E-state index contributed by atoms with van der Waals surface area (Å²) in [4.78, 5) is 4.02. The average Bonchev–Trinajstić information content (AvgIpc) is 2.43. The van der Waals surface area contributed by atoms with Crippen molar-refractivity contribution in [1.29, 1.82) is 0 Å². The molecule has 0 bridgehead atoms. The van der Waals surface area contributed by atoms with Crippen LogP contribution in [0.2, 0.25) is 5.02 Å². The van der Waals surface area contributed by atoms with Crippen LogP contribution in [0.5, 0.6) is 0 Å². The van der Waals surface area contributed by atoms with Gasteiger partial charge in [-0.3, -0.25) is 0 Å². The largest absolute Gasteiger partial charge is 0.381 e. The van der Waals surface area contributed by atoms with E-state index < -0.39 is 5.82 Å². The molecular weight excluding hydrogens is 283 g/mol. The molecule has 1 atom stereocenters. The van der Waals surface area contributed by atoms with E-state index in [2.05, 4.69) is 10.3 Å². The Morgan fingerprint density at radius 3 is 2.90 bits per heavy atom. The van der Waals surface area contributed by atoms with E-state index in [0.717, 1.165) is 38.9 Å². The third-order valence-corrected chi connectivity index (χ3v) is 4.25. The fourth-order valence-corrected chi connectivity index (χ4v) is 3.10. The number of hydrogen-bond acceptors (Lipinski definition) is 4. The van der Waals surface area contributed by atoms with Crippen molar-refractivity contribution in [3.63, 3.8) is 0 Å². The van der Waals surface area contributed by atoms with Crippen molar-refractivity contribution in [2.24, 2.45) is 0 Å². The van der Waals surface area contributed by atoms with Gasteiger partial charge in [-0.05, 0) is 31.7 Å². The molecule has 3 rings (SSSR count).